The highest BCUT2D eigenvalue weighted by molar-refractivity contribution is 6.08. The molecule has 0 bridgehead atoms. The van der Waals surface area contributed by atoms with Gasteiger partial charge in [-0.05, 0) is 99.1 Å². The monoisotopic (exact) mass is 638 g/mol. The van der Waals surface area contributed by atoms with Crippen molar-refractivity contribution in [2.75, 3.05) is 4.90 Å². The Kier molecular flexibility index (Phi) is 7.53. The molecule has 1 aromatic heterocycles. The maximum Gasteiger partial charge on any atom is 0.0465 e. The van der Waals surface area contributed by atoms with Crippen LogP contribution in [0.1, 0.15) is 0 Å². The maximum absolute atomic E-state index is 3.54. The summed E-state index contributed by atoms with van der Waals surface area (Å²) < 4.78 is 0. The molecule has 1 heterocycles. The molecule has 9 aromatic rings. The van der Waals surface area contributed by atoms with Gasteiger partial charge in [0.05, 0.1) is 0 Å². The van der Waals surface area contributed by atoms with Gasteiger partial charge in [-0.3, -0.25) is 0 Å². The Labute approximate surface area is 292 Å². The third kappa shape index (κ3) is 5.63. The number of anilines is 3. The average molecular weight is 639 g/mol. The van der Waals surface area contributed by atoms with Gasteiger partial charge in [-0.25, -0.2) is 0 Å². The van der Waals surface area contributed by atoms with E-state index in [1.165, 1.54) is 66.3 Å². The molecule has 0 fully saturated rings. The highest BCUT2D eigenvalue weighted by Crippen LogP contribution is 2.38. The van der Waals surface area contributed by atoms with Crippen LogP contribution in [0.25, 0.3) is 66.3 Å². The first-order valence-electron chi connectivity index (χ1n) is 17.1. The van der Waals surface area contributed by atoms with Crippen LogP contribution < -0.4 is 4.90 Å². The van der Waals surface area contributed by atoms with E-state index in [4.69, 9.17) is 0 Å². The molecule has 0 aliphatic rings. The Hall–Kier alpha value is -6.64. The van der Waals surface area contributed by atoms with Crippen LogP contribution in [0.4, 0.5) is 17.1 Å². The molecule has 50 heavy (non-hydrogen) atoms. The lowest BCUT2D eigenvalue weighted by atomic mass is 9.98. The van der Waals surface area contributed by atoms with Crippen molar-refractivity contribution in [1.82, 2.24) is 4.98 Å². The molecule has 1 N–H and O–H groups in total. The minimum absolute atomic E-state index is 1.11. The summed E-state index contributed by atoms with van der Waals surface area (Å²) in [6.07, 6.45) is 0. The number of aromatic amines is 1. The number of benzene rings is 8. The highest BCUT2D eigenvalue weighted by Gasteiger charge is 2.14. The molecule has 0 atom stereocenters. The molecule has 0 spiro atoms. The van der Waals surface area contributed by atoms with Gasteiger partial charge in [0.15, 0.2) is 0 Å². The maximum atomic E-state index is 3.54. The molecule has 0 unspecified atom stereocenters. The first-order chi connectivity index (χ1) is 24.8. The standard InChI is InChI=1S/C48H34N2/c1-3-9-34(10-4-1)37-19-26-42(27-20-37)50(43-28-21-38(22-29-43)35-11-5-2-6-12-35)44-30-23-39(24-31-44)36-15-17-40(18-16-36)41-25-32-48-46(33-41)45-13-7-8-14-47(45)49-48/h1-33,49H. The number of nitrogens with one attached hydrogen (secondary N) is 1. The molecule has 2 nitrogen and oxygen atoms in total. The van der Waals surface area contributed by atoms with Crippen LogP contribution in [0.2, 0.25) is 0 Å². The lowest BCUT2D eigenvalue weighted by Crippen LogP contribution is -2.09. The summed E-state index contributed by atoms with van der Waals surface area (Å²) in [4.78, 5) is 5.87. The first-order valence-corrected chi connectivity index (χ1v) is 17.1. The van der Waals surface area contributed by atoms with Crippen molar-refractivity contribution < 1.29 is 0 Å². The van der Waals surface area contributed by atoms with Crippen molar-refractivity contribution in [3.05, 3.63) is 200 Å². The second-order valence-corrected chi connectivity index (χ2v) is 12.7. The summed E-state index contributed by atoms with van der Waals surface area (Å²) in [5.41, 5.74) is 15.3. The molecule has 9 rings (SSSR count). The number of hydrogen-bond acceptors (Lipinski definition) is 1. The van der Waals surface area contributed by atoms with Crippen molar-refractivity contribution in [1.29, 1.82) is 0 Å². The van der Waals surface area contributed by atoms with Crippen molar-refractivity contribution in [3.63, 3.8) is 0 Å². The van der Waals surface area contributed by atoms with E-state index in [1.54, 1.807) is 0 Å². The second-order valence-electron chi connectivity index (χ2n) is 12.7. The molecule has 8 aromatic carbocycles. The fraction of sp³-hybridized carbons (Fsp3) is 0. The quantitative estimate of drug-likeness (QED) is 0.184. The number of hydrogen-bond donors (Lipinski definition) is 1. The van der Waals surface area contributed by atoms with Crippen LogP contribution in [-0.4, -0.2) is 4.98 Å². The van der Waals surface area contributed by atoms with Crippen LogP contribution in [0.3, 0.4) is 0 Å². The molecular weight excluding hydrogens is 605 g/mol. The Bertz CT molecular complexity index is 2450. The van der Waals surface area contributed by atoms with Gasteiger partial charge in [0.25, 0.3) is 0 Å². The fourth-order valence-electron chi connectivity index (χ4n) is 7.00. The molecule has 0 radical (unpaired) electrons. The number of rotatable bonds is 7. The molecule has 2 heteroatoms. The molecule has 0 aliphatic heterocycles. The summed E-state index contributed by atoms with van der Waals surface area (Å²) in [7, 11) is 0. The number of fused-ring (bicyclic) bond motifs is 3. The number of aromatic nitrogens is 1. The van der Waals surface area contributed by atoms with Gasteiger partial charge in [0, 0.05) is 38.9 Å². The van der Waals surface area contributed by atoms with Crippen LogP contribution in [0.5, 0.6) is 0 Å². The van der Waals surface area contributed by atoms with Crippen molar-refractivity contribution in [3.8, 4) is 44.5 Å². The van der Waals surface area contributed by atoms with E-state index in [2.05, 4.69) is 210 Å². The molecule has 0 amide bonds. The van der Waals surface area contributed by atoms with Crippen molar-refractivity contribution >= 4 is 38.9 Å². The Morgan fingerprint density at radius 3 is 1.08 bits per heavy atom. The minimum atomic E-state index is 1.11. The predicted molar refractivity (Wildman–Crippen MR) is 212 cm³/mol. The Morgan fingerprint density at radius 2 is 0.600 bits per heavy atom. The fourth-order valence-corrected chi connectivity index (χ4v) is 7.00. The SMILES string of the molecule is c1ccc(-c2ccc(N(c3ccc(-c4ccccc4)cc3)c3ccc(-c4ccc(-c5ccc6[nH]c7ccccc7c6c5)cc4)cc3)cc2)cc1. The van der Waals surface area contributed by atoms with E-state index >= 15 is 0 Å². The Morgan fingerprint density at radius 1 is 0.260 bits per heavy atom. The lowest BCUT2D eigenvalue weighted by Gasteiger charge is -2.26. The summed E-state index contributed by atoms with van der Waals surface area (Å²) in [5, 5.41) is 2.51. The zero-order valence-corrected chi connectivity index (χ0v) is 27.5. The zero-order chi connectivity index (χ0) is 33.3. The number of nitrogens with zero attached hydrogens (tertiary/aromatic N) is 1. The molecule has 0 aliphatic carbocycles. The average Bonchev–Trinajstić information content (AvgIpc) is 3.58. The summed E-state index contributed by atoms with van der Waals surface area (Å²) in [6.45, 7) is 0. The summed E-state index contributed by atoms with van der Waals surface area (Å²) in [5.74, 6) is 0. The second kappa shape index (κ2) is 12.8. The zero-order valence-electron chi connectivity index (χ0n) is 27.5. The van der Waals surface area contributed by atoms with E-state index in [9.17, 15) is 0 Å². The molecule has 236 valence electrons. The smallest absolute Gasteiger partial charge is 0.0465 e. The van der Waals surface area contributed by atoms with Crippen LogP contribution in [0, 0.1) is 0 Å². The highest BCUT2D eigenvalue weighted by atomic mass is 15.1. The van der Waals surface area contributed by atoms with Gasteiger partial charge in [-0.15, -0.1) is 0 Å². The van der Waals surface area contributed by atoms with Crippen molar-refractivity contribution in [2.45, 2.75) is 0 Å². The third-order valence-corrected chi connectivity index (χ3v) is 9.65. The van der Waals surface area contributed by atoms with Crippen LogP contribution >= 0.6 is 0 Å². The third-order valence-electron chi connectivity index (χ3n) is 9.65. The molecule has 0 saturated heterocycles. The Balaban J connectivity index is 1.02. The minimum Gasteiger partial charge on any atom is -0.355 e. The summed E-state index contributed by atoms with van der Waals surface area (Å²) in [6, 6.07) is 71.8. The molecular formula is C48H34N2. The van der Waals surface area contributed by atoms with E-state index in [1.807, 2.05) is 0 Å². The number of H-pyrrole nitrogens is 1. The van der Waals surface area contributed by atoms with E-state index in [0.29, 0.717) is 0 Å². The van der Waals surface area contributed by atoms with Gasteiger partial charge in [0.1, 0.15) is 0 Å². The van der Waals surface area contributed by atoms with Gasteiger partial charge in [-0.2, -0.15) is 0 Å². The van der Waals surface area contributed by atoms with Crippen molar-refractivity contribution in [2.24, 2.45) is 0 Å². The van der Waals surface area contributed by atoms with Crippen LogP contribution in [-0.2, 0) is 0 Å². The predicted octanol–water partition coefficient (Wildman–Crippen LogP) is 13.5. The van der Waals surface area contributed by atoms with E-state index in [-0.39, 0.29) is 0 Å². The number of para-hydroxylation sites is 1. The van der Waals surface area contributed by atoms with E-state index in [0.717, 1.165) is 17.1 Å². The lowest BCUT2D eigenvalue weighted by molar-refractivity contribution is 1.28. The van der Waals surface area contributed by atoms with Gasteiger partial charge >= 0.3 is 0 Å². The normalized spacial score (nSPS) is 11.2. The van der Waals surface area contributed by atoms with E-state index < -0.39 is 0 Å². The van der Waals surface area contributed by atoms with Crippen LogP contribution in [0.15, 0.2) is 200 Å². The van der Waals surface area contributed by atoms with Gasteiger partial charge < -0.3 is 9.88 Å². The summed E-state index contributed by atoms with van der Waals surface area (Å²) >= 11 is 0. The molecule has 0 saturated carbocycles. The van der Waals surface area contributed by atoms with Gasteiger partial charge in [-0.1, -0.05) is 146 Å². The first kappa shape index (κ1) is 29.5. The largest absolute Gasteiger partial charge is 0.355 e. The topological polar surface area (TPSA) is 19.0 Å². The van der Waals surface area contributed by atoms with Gasteiger partial charge in [0.2, 0.25) is 0 Å².